The zero-order chi connectivity index (χ0) is 14.1. The summed E-state index contributed by atoms with van der Waals surface area (Å²) in [7, 11) is 0. The maximum Gasteiger partial charge on any atom is 0.255 e. The van der Waals surface area contributed by atoms with Crippen LogP contribution in [0, 0.1) is 6.92 Å². The first kappa shape index (κ1) is 12.5. The van der Waals surface area contributed by atoms with E-state index in [9.17, 15) is 9.90 Å². The second kappa shape index (κ2) is 4.89. The molecule has 0 saturated heterocycles. The van der Waals surface area contributed by atoms with E-state index in [1.807, 2.05) is 12.1 Å². The molecular weight excluding hydrogens is 252 g/mol. The summed E-state index contributed by atoms with van der Waals surface area (Å²) in [5, 5.41) is 15.9. The summed E-state index contributed by atoms with van der Waals surface area (Å²) in [5.74, 6) is -0.0933. The van der Waals surface area contributed by atoms with Crippen LogP contribution in [0.1, 0.15) is 21.5 Å². The summed E-state index contributed by atoms with van der Waals surface area (Å²) >= 11 is 0. The molecule has 4 heteroatoms. The van der Waals surface area contributed by atoms with Gasteiger partial charge >= 0.3 is 0 Å². The highest BCUT2D eigenvalue weighted by Crippen LogP contribution is 2.28. The molecule has 1 aliphatic rings. The van der Waals surface area contributed by atoms with E-state index in [0.717, 1.165) is 29.8 Å². The smallest absolute Gasteiger partial charge is 0.255 e. The van der Waals surface area contributed by atoms with Gasteiger partial charge in [0.2, 0.25) is 0 Å². The second-order valence-electron chi connectivity index (χ2n) is 4.97. The molecule has 3 N–H and O–H groups in total. The van der Waals surface area contributed by atoms with Gasteiger partial charge in [0, 0.05) is 17.8 Å². The van der Waals surface area contributed by atoms with Crippen LogP contribution in [0.25, 0.3) is 0 Å². The number of rotatable bonds is 2. The number of aryl methyl sites for hydroxylation is 1. The number of aromatic hydroxyl groups is 1. The number of carbonyl (C=O) groups excluding carboxylic acids is 1. The lowest BCUT2D eigenvalue weighted by Gasteiger charge is -2.10. The van der Waals surface area contributed by atoms with E-state index in [-0.39, 0.29) is 11.7 Å². The Balaban J connectivity index is 1.84. The van der Waals surface area contributed by atoms with Gasteiger partial charge in [0.1, 0.15) is 5.75 Å². The fraction of sp³-hybridized carbons (Fsp3) is 0.188. The quantitative estimate of drug-likeness (QED) is 0.734. The Morgan fingerprint density at radius 2 is 2.15 bits per heavy atom. The van der Waals surface area contributed by atoms with Crippen molar-refractivity contribution in [2.75, 3.05) is 17.2 Å². The largest absolute Gasteiger partial charge is 0.505 e. The average Bonchev–Trinajstić information content (AvgIpc) is 2.91. The van der Waals surface area contributed by atoms with Crippen LogP contribution >= 0.6 is 0 Å². The molecule has 2 aromatic carbocycles. The zero-order valence-corrected chi connectivity index (χ0v) is 11.2. The van der Waals surface area contributed by atoms with Crippen molar-refractivity contribution in [1.29, 1.82) is 0 Å². The molecule has 0 unspecified atom stereocenters. The molecule has 0 aromatic heterocycles. The van der Waals surface area contributed by atoms with Gasteiger partial charge in [0.25, 0.3) is 5.91 Å². The lowest BCUT2D eigenvalue weighted by atomic mass is 10.1. The Bertz CT molecular complexity index is 680. The molecule has 0 radical (unpaired) electrons. The highest BCUT2D eigenvalue weighted by molar-refractivity contribution is 6.05. The number of hydrogen-bond acceptors (Lipinski definition) is 3. The summed E-state index contributed by atoms with van der Waals surface area (Å²) in [6.45, 7) is 2.71. The van der Waals surface area contributed by atoms with Crippen molar-refractivity contribution in [2.45, 2.75) is 13.3 Å². The average molecular weight is 268 g/mol. The molecule has 102 valence electrons. The standard InChI is InChI=1S/C16H16N2O2/c1-10-3-2-4-14(15(10)19)18-16(20)12-5-6-13-11(9-12)7-8-17-13/h2-6,9,17,19H,7-8H2,1H3,(H,18,20). The Morgan fingerprint density at radius 3 is 3.00 bits per heavy atom. The van der Waals surface area contributed by atoms with E-state index < -0.39 is 0 Å². The fourth-order valence-corrected chi connectivity index (χ4v) is 2.40. The summed E-state index contributed by atoms with van der Waals surface area (Å²) in [4.78, 5) is 12.2. The third-order valence-electron chi connectivity index (χ3n) is 3.56. The number of para-hydroxylation sites is 1. The van der Waals surface area contributed by atoms with Crippen LogP contribution in [-0.2, 0) is 6.42 Å². The number of carbonyl (C=O) groups is 1. The van der Waals surface area contributed by atoms with Crippen molar-refractivity contribution in [2.24, 2.45) is 0 Å². The minimum atomic E-state index is -0.208. The number of fused-ring (bicyclic) bond motifs is 1. The number of phenols is 1. The molecular formula is C16H16N2O2. The first-order valence-corrected chi connectivity index (χ1v) is 6.62. The Hall–Kier alpha value is -2.49. The van der Waals surface area contributed by atoms with Gasteiger partial charge in [0.15, 0.2) is 0 Å². The van der Waals surface area contributed by atoms with Gasteiger partial charge in [-0.25, -0.2) is 0 Å². The maximum absolute atomic E-state index is 12.2. The minimum Gasteiger partial charge on any atom is -0.505 e. The Labute approximate surface area is 117 Å². The molecule has 2 aromatic rings. The third-order valence-corrected chi connectivity index (χ3v) is 3.56. The Morgan fingerprint density at radius 1 is 1.30 bits per heavy atom. The maximum atomic E-state index is 12.2. The molecule has 4 nitrogen and oxygen atoms in total. The predicted molar refractivity (Wildman–Crippen MR) is 79.4 cm³/mol. The molecule has 20 heavy (non-hydrogen) atoms. The van der Waals surface area contributed by atoms with Crippen molar-refractivity contribution in [3.05, 3.63) is 53.1 Å². The number of amides is 1. The predicted octanol–water partition coefficient (Wildman–Crippen LogP) is 2.92. The minimum absolute atomic E-state index is 0.115. The van der Waals surface area contributed by atoms with E-state index >= 15 is 0 Å². The molecule has 1 aliphatic heterocycles. The highest BCUT2D eigenvalue weighted by atomic mass is 16.3. The van der Waals surface area contributed by atoms with Gasteiger partial charge in [0.05, 0.1) is 5.69 Å². The monoisotopic (exact) mass is 268 g/mol. The molecule has 0 fully saturated rings. The SMILES string of the molecule is Cc1cccc(NC(=O)c2ccc3c(c2)CCN3)c1O. The van der Waals surface area contributed by atoms with Crippen LogP contribution < -0.4 is 10.6 Å². The van der Waals surface area contributed by atoms with Gasteiger partial charge in [-0.15, -0.1) is 0 Å². The van der Waals surface area contributed by atoms with Gasteiger partial charge in [-0.3, -0.25) is 4.79 Å². The summed E-state index contributed by atoms with van der Waals surface area (Å²) < 4.78 is 0. The third kappa shape index (κ3) is 2.20. The van der Waals surface area contributed by atoms with Gasteiger partial charge in [-0.1, -0.05) is 12.1 Å². The lowest BCUT2D eigenvalue weighted by molar-refractivity contribution is 0.102. The second-order valence-corrected chi connectivity index (χ2v) is 4.97. The normalized spacial score (nSPS) is 12.7. The number of hydrogen-bond donors (Lipinski definition) is 3. The van der Waals surface area contributed by atoms with Crippen molar-refractivity contribution in [3.63, 3.8) is 0 Å². The van der Waals surface area contributed by atoms with Gasteiger partial charge < -0.3 is 15.7 Å². The van der Waals surface area contributed by atoms with Crippen LogP contribution in [0.2, 0.25) is 0 Å². The number of nitrogens with one attached hydrogen (secondary N) is 2. The van der Waals surface area contributed by atoms with Crippen LogP contribution in [-0.4, -0.2) is 17.6 Å². The molecule has 0 bridgehead atoms. The van der Waals surface area contributed by atoms with E-state index in [1.54, 1.807) is 31.2 Å². The van der Waals surface area contributed by atoms with Crippen molar-refractivity contribution < 1.29 is 9.90 Å². The summed E-state index contributed by atoms with van der Waals surface area (Å²) in [6, 6.07) is 10.9. The molecule has 0 aliphatic carbocycles. The van der Waals surface area contributed by atoms with Crippen LogP contribution in [0.5, 0.6) is 5.75 Å². The molecule has 1 heterocycles. The van der Waals surface area contributed by atoms with Crippen molar-refractivity contribution in [3.8, 4) is 5.75 Å². The molecule has 0 saturated carbocycles. The topological polar surface area (TPSA) is 61.4 Å². The number of phenolic OH excluding ortho intramolecular Hbond substituents is 1. The van der Waals surface area contributed by atoms with Crippen LogP contribution in [0.4, 0.5) is 11.4 Å². The van der Waals surface area contributed by atoms with E-state index in [1.165, 1.54) is 0 Å². The molecule has 0 atom stereocenters. The lowest BCUT2D eigenvalue weighted by Crippen LogP contribution is -2.12. The van der Waals surface area contributed by atoms with Crippen LogP contribution in [0.15, 0.2) is 36.4 Å². The van der Waals surface area contributed by atoms with Gasteiger partial charge in [-0.2, -0.15) is 0 Å². The fourth-order valence-electron chi connectivity index (χ4n) is 2.40. The van der Waals surface area contributed by atoms with Crippen molar-refractivity contribution >= 4 is 17.3 Å². The van der Waals surface area contributed by atoms with Gasteiger partial charge in [-0.05, 0) is 48.7 Å². The molecule has 1 amide bonds. The van der Waals surface area contributed by atoms with E-state index in [4.69, 9.17) is 0 Å². The van der Waals surface area contributed by atoms with Crippen LogP contribution in [0.3, 0.4) is 0 Å². The highest BCUT2D eigenvalue weighted by Gasteiger charge is 2.14. The van der Waals surface area contributed by atoms with E-state index in [0.29, 0.717) is 11.3 Å². The van der Waals surface area contributed by atoms with Crippen molar-refractivity contribution in [1.82, 2.24) is 0 Å². The molecule has 3 rings (SSSR count). The summed E-state index contributed by atoms with van der Waals surface area (Å²) in [5.41, 5.74) is 4.04. The Kier molecular flexibility index (Phi) is 3.06. The zero-order valence-electron chi connectivity index (χ0n) is 11.2. The first-order valence-electron chi connectivity index (χ1n) is 6.62. The van der Waals surface area contributed by atoms with E-state index in [2.05, 4.69) is 10.6 Å². The number of benzene rings is 2. The molecule has 0 spiro atoms. The number of anilines is 2. The first-order chi connectivity index (χ1) is 9.65. The summed E-state index contributed by atoms with van der Waals surface area (Å²) in [6.07, 6.45) is 0.937.